The van der Waals surface area contributed by atoms with Gasteiger partial charge in [-0.3, -0.25) is 0 Å². The van der Waals surface area contributed by atoms with Crippen LogP contribution in [0.5, 0.6) is 0 Å². The van der Waals surface area contributed by atoms with Crippen LogP contribution in [-0.2, 0) is 6.42 Å². The summed E-state index contributed by atoms with van der Waals surface area (Å²) in [7, 11) is 0. The maximum absolute atomic E-state index is 5.90. The molecule has 0 spiro atoms. The van der Waals surface area contributed by atoms with Crippen LogP contribution in [0.2, 0.25) is 0 Å². The first-order valence-electron chi connectivity index (χ1n) is 5.74. The molecule has 0 bridgehead atoms. The molecule has 3 heteroatoms. The average molecular weight is 288 g/mol. The summed E-state index contributed by atoms with van der Waals surface area (Å²) in [6.07, 6.45) is 6.80. The lowest BCUT2D eigenvalue weighted by Crippen LogP contribution is -2.23. The smallest absolute Gasteiger partial charge is 0.0701 e. The number of nitrogens with two attached hydrogens (primary N) is 1. The molecule has 15 heavy (non-hydrogen) atoms. The Kier molecular flexibility index (Phi) is 4.23. The van der Waals surface area contributed by atoms with E-state index in [4.69, 9.17) is 5.73 Å². The third-order valence-corrected chi connectivity index (χ3v) is 5.11. The van der Waals surface area contributed by atoms with E-state index in [-0.39, 0.29) is 0 Å². The molecule has 1 aliphatic carbocycles. The van der Waals surface area contributed by atoms with Crippen LogP contribution in [0.25, 0.3) is 0 Å². The van der Waals surface area contributed by atoms with Crippen molar-refractivity contribution in [1.29, 1.82) is 0 Å². The molecule has 1 aromatic rings. The molecule has 1 fully saturated rings. The second-order valence-corrected chi connectivity index (χ2v) is 7.00. The normalized spacial score (nSPS) is 19.6. The van der Waals surface area contributed by atoms with Crippen molar-refractivity contribution in [2.75, 3.05) is 6.54 Å². The molecule has 0 radical (unpaired) electrons. The molecule has 0 amide bonds. The van der Waals surface area contributed by atoms with Crippen LogP contribution in [0.4, 0.5) is 0 Å². The van der Waals surface area contributed by atoms with Crippen molar-refractivity contribution in [3.8, 4) is 0 Å². The predicted octanol–water partition coefficient (Wildman–Crippen LogP) is 3.82. The minimum absolute atomic E-state index is 0.707. The fourth-order valence-corrected chi connectivity index (χ4v) is 4.17. The number of halogens is 1. The van der Waals surface area contributed by atoms with Crippen LogP contribution >= 0.6 is 27.3 Å². The standard InChI is InChI=1S/C12H18BrNS/c13-12-6-5-11(15-12)7-10(8-14)9-3-1-2-4-9/h5-6,9-10H,1-4,7-8,14H2. The first-order valence-corrected chi connectivity index (χ1v) is 7.35. The van der Waals surface area contributed by atoms with E-state index >= 15 is 0 Å². The van der Waals surface area contributed by atoms with Crippen LogP contribution in [0.1, 0.15) is 30.6 Å². The second-order valence-electron chi connectivity index (χ2n) is 4.45. The van der Waals surface area contributed by atoms with Gasteiger partial charge in [0, 0.05) is 4.88 Å². The molecule has 1 aliphatic rings. The topological polar surface area (TPSA) is 26.0 Å². The van der Waals surface area contributed by atoms with Crippen LogP contribution in [-0.4, -0.2) is 6.54 Å². The largest absolute Gasteiger partial charge is 0.330 e. The Morgan fingerprint density at radius 2 is 2.13 bits per heavy atom. The van der Waals surface area contributed by atoms with Gasteiger partial charge >= 0.3 is 0 Å². The van der Waals surface area contributed by atoms with Gasteiger partial charge in [0.2, 0.25) is 0 Å². The molecule has 0 aliphatic heterocycles. The molecule has 2 rings (SSSR count). The minimum atomic E-state index is 0.707. The first-order chi connectivity index (χ1) is 7.29. The van der Waals surface area contributed by atoms with E-state index in [0.29, 0.717) is 5.92 Å². The molecular formula is C12H18BrNS. The molecule has 84 valence electrons. The number of thiophene rings is 1. The van der Waals surface area contributed by atoms with Crippen LogP contribution in [0, 0.1) is 11.8 Å². The Morgan fingerprint density at radius 1 is 1.40 bits per heavy atom. The third-order valence-electron chi connectivity index (χ3n) is 3.46. The quantitative estimate of drug-likeness (QED) is 0.895. The van der Waals surface area contributed by atoms with E-state index in [1.165, 1.54) is 40.8 Å². The summed E-state index contributed by atoms with van der Waals surface area (Å²) in [4.78, 5) is 1.48. The Morgan fingerprint density at radius 3 is 2.67 bits per heavy atom. The molecule has 1 nitrogen and oxygen atoms in total. The molecule has 1 saturated carbocycles. The molecule has 1 heterocycles. The highest BCUT2D eigenvalue weighted by molar-refractivity contribution is 9.11. The van der Waals surface area contributed by atoms with Crippen molar-refractivity contribution in [2.45, 2.75) is 32.1 Å². The summed E-state index contributed by atoms with van der Waals surface area (Å²) < 4.78 is 1.24. The van der Waals surface area contributed by atoms with Gasteiger partial charge in [0.05, 0.1) is 3.79 Å². The Balaban J connectivity index is 1.95. The summed E-state index contributed by atoms with van der Waals surface area (Å²) in [6, 6.07) is 4.37. The highest BCUT2D eigenvalue weighted by atomic mass is 79.9. The summed E-state index contributed by atoms with van der Waals surface area (Å²) in [5, 5.41) is 0. The van der Waals surface area contributed by atoms with Gasteiger partial charge in [0.1, 0.15) is 0 Å². The van der Waals surface area contributed by atoms with E-state index < -0.39 is 0 Å². The van der Waals surface area contributed by atoms with Crippen LogP contribution in [0.15, 0.2) is 15.9 Å². The van der Waals surface area contributed by atoms with Gasteiger partial charge in [-0.05, 0) is 52.9 Å². The fourth-order valence-electron chi connectivity index (χ4n) is 2.59. The van der Waals surface area contributed by atoms with Crippen molar-refractivity contribution >= 4 is 27.3 Å². The zero-order valence-electron chi connectivity index (χ0n) is 8.92. The fraction of sp³-hybridized carbons (Fsp3) is 0.667. The van der Waals surface area contributed by atoms with Crippen LogP contribution < -0.4 is 5.73 Å². The van der Waals surface area contributed by atoms with Gasteiger partial charge in [-0.25, -0.2) is 0 Å². The zero-order chi connectivity index (χ0) is 10.7. The van der Waals surface area contributed by atoms with Crippen molar-refractivity contribution in [3.63, 3.8) is 0 Å². The molecule has 2 N–H and O–H groups in total. The van der Waals surface area contributed by atoms with E-state index in [9.17, 15) is 0 Å². The van der Waals surface area contributed by atoms with Crippen molar-refractivity contribution in [2.24, 2.45) is 17.6 Å². The molecule has 1 unspecified atom stereocenters. The lowest BCUT2D eigenvalue weighted by atomic mass is 9.88. The molecule has 1 aromatic heterocycles. The van der Waals surface area contributed by atoms with E-state index in [0.717, 1.165) is 12.5 Å². The number of hydrogen-bond acceptors (Lipinski definition) is 2. The second kappa shape index (κ2) is 5.46. The van der Waals surface area contributed by atoms with E-state index in [1.807, 2.05) is 11.3 Å². The molecule has 0 saturated heterocycles. The zero-order valence-corrected chi connectivity index (χ0v) is 11.3. The number of rotatable bonds is 4. The van der Waals surface area contributed by atoms with Gasteiger partial charge in [0.25, 0.3) is 0 Å². The van der Waals surface area contributed by atoms with E-state index in [2.05, 4.69) is 28.1 Å². The highest BCUT2D eigenvalue weighted by Crippen LogP contribution is 2.34. The van der Waals surface area contributed by atoms with Crippen molar-refractivity contribution in [1.82, 2.24) is 0 Å². The van der Waals surface area contributed by atoms with Crippen molar-refractivity contribution in [3.05, 3.63) is 20.8 Å². The maximum atomic E-state index is 5.90. The molecular weight excluding hydrogens is 270 g/mol. The van der Waals surface area contributed by atoms with Crippen LogP contribution in [0.3, 0.4) is 0 Å². The lowest BCUT2D eigenvalue weighted by Gasteiger charge is -2.20. The number of hydrogen-bond donors (Lipinski definition) is 1. The predicted molar refractivity (Wildman–Crippen MR) is 70.2 cm³/mol. The minimum Gasteiger partial charge on any atom is -0.330 e. The molecule has 0 aromatic carbocycles. The Bertz CT molecular complexity index is 304. The van der Waals surface area contributed by atoms with Crippen molar-refractivity contribution < 1.29 is 0 Å². The summed E-state index contributed by atoms with van der Waals surface area (Å²) in [5.74, 6) is 1.59. The SMILES string of the molecule is NCC(Cc1ccc(Br)s1)C1CCCC1. The van der Waals surface area contributed by atoms with Gasteiger partial charge in [-0.15, -0.1) is 11.3 Å². The Labute approximate surface area is 104 Å². The van der Waals surface area contributed by atoms with Gasteiger partial charge < -0.3 is 5.73 Å². The maximum Gasteiger partial charge on any atom is 0.0701 e. The van der Waals surface area contributed by atoms with E-state index in [1.54, 1.807) is 0 Å². The summed E-state index contributed by atoms with van der Waals surface area (Å²) >= 11 is 5.37. The summed E-state index contributed by atoms with van der Waals surface area (Å²) in [6.45, 7) is 0.847. The third kappa shape index (κ3) is 3.05. The highest BCUT2D eigenvalue weighted by Gasteiger charge is 2.24. The van der Waals surface area contributed by atoms with Gasteiger partial charge in [0.15, 0.2) is 0 Å². The van der Waals surface area contributed by atoms with Gasteiger partial charge in [-0.1, -0.05) is 25.7 Å². The first kappa shape index (κ1) is 11.6. The summed E-state index contributed by atoms with van der Waals surface area (Å²) in [5.41, 5.74) is 5.90. The monoisotopic (exact) mass is 287 g/mol. The Hall–Kier alpha value is 0.140. The molecule has 1 atom stereocenters. The average Bonchev–Trinajstić information content (AvgIpc) is 2.85. The van der Waals surface area contributed by atoms with Gasteiger partial charge in [-0.2, -0.15) is 0 Å². The lowest BCUT2D eigenvalue weighted by molar-refractivity contribution is 0.346.